The van der Waals surface area contributed by atoms with Crippen LogP contribution in [0.4, 0.5) is 0 Å². The fourth-order valence-electron chi connectivity index (χ4n) is 0.758. The Hall–Kier alpha value is -0.470. The van der Waals surface area contributed by atoms with Crippen molar-refractivity contribution in [3.8, 4) is 0 Å². The first kappa shape index (κ1) is 11.6. The molecule has 5 nitrogen and oxygen atoms in total. The maximum Gasteiger partial charge on any atom is 0.250 e. The number of nitrogens with one attached hydrogen (secondary N) is 1. The Labute approximate surface area is 86.1 Å². The molecular formula is C7H11NO4S2. The molecule has 0 saturated carbocycles. The Morgan fingerprint density at radius 2 is 2.29 bits per heavy atom. The van der Waals surface area contributed by atoms with Gasteiger partial charge in [0.2, 0.25) is 10.0 Å². The molecule has 14 heavy (non-hydrogen) atoms. The van der Waals surface area contributed by atoms with E-state index in [2.05, 4.69) is 4.72 Å². The summed E-state index contributed by atoms with van der Waals surface area (Å²) in [5.74, 6) is 0. The minimum absolute atomic E-state index is 0.184. The molecule has 0 aliphatic heterocycles. The second-order valence-corrected chi connectivity index (χ2v) is 5.56. The van der Waals surface area contributed by atoms with Crippen molar-refractivity contribution in [1.82, 2.24) is 4.72 Å². The van der Waals surface area contributed by atoms with E-state index in [1.54, 1.807) is 11.4 Å². The normalized spacial score (nSPS) is 14.1. The molecule has 80 valence electrons. The van der Waals surface area contributed by atoms with Gasteiger partial charge in [-0.05, 0) is 11.4 Å². The van der Waals surface area contributed by atoms with Gasteiger partial charge in [-0.2, -0.15) is 0 Å². The first-order valence-corrected chi connectivity index (χ1v) is 6.24. The summed E-state index contributed by atoms with van der Waals surface area (Å²) in [6.45, 7) is -0.649. The lowest BCUT2D eigenvalue weighted by Crippen LogP contribution is -2.33. The molecule has 1 unspecified atom stereocenters. The van der Waals surface area contributed by atoms with E-state index in [0.717, 1.165) is 11.3 Å². The zero-order valence-electron chi connectivity index (χ0n) is 7.25. The van der Waals surface area contributed by atoms with Crippen molar-refractivity contribution in [2.24, 2.45) is 0 Å². The van der Waals surface area contributed by atoms with Gasteiger partial charge in [0, 0.05) is 6.54 Å². The second-order valence-electron chi connectivity index (χ2n) is 2.62. The van der Waals surface area contributed by atoms with Crippen molar-refractivity contribution in [3.63, 3.8) is 0 Å². The van der Waals surface area contributed by atoms with Crippen molar-refractivity contribution in [2.45, 2.75) is 10.3 Å². The second kappa shape index (κ2) is 4.85. The van der Waals surface area contributed by atoms with Crippen LogP contribution < -0.4 is 4.72 Å². The summed E-state index contributed by atoms with van der Waals surface area (Å²) >= 11 is 1.09. The Bertz CT molecular complexity index is 359. The van der Waals surface area contributed by atoms with Gasteiger partial charge in [0.05, 0.1) is 12.7 Å². The van der Waals surface area contributed by atoms with Gasteiger partial charge >= 0.3 is 0 Å². The van der Waals surface area contributed by atoms with Gasteiger partial charge < -0.3 is 10.2 Å². The molecule has 1 heterocycles. The summed E-state index contributed by atoms with van der Waals surface area (Å²) < 4.78 is 25.2. The number of aliphatic hydroxyl groups is 2. The highest BCUT2D eigenvalue weighted by Gasteiger charge is 2.15. The van der Waals surface area contributed by atoms with Crippen LogP contribution in [0.5, 0.6) is 0 Å². The number of aliphatic hydroxyl groups excluding tert-OH is 2. The molecular weight excluding hydrogens is 226 g/mol. The van der Waals surface area contributed by atoms with E-state index in [4.69, 9.17) is 10.2 Å². The fraction of sp³-hybridized carbons (Fsp3) is 0.429. The molecule has 1 aromatic heterocycles. The minimum atomic E-state index is -3.52. The third kappa shape index (κ3) is 3.03. The molecule has 1 atom stereocenters. The largest absolute Gasteiger partial charge is 0.394 e. The van der Waals surface area contributed by atoms with Crippen molar-refractivity contribution in [2.75, 3.05) is 13.2 Å². The maximum absolute atomic E-state index is 11.4. The topological polar surface area (TPSA) is 86.6 Å². The summed E-state index contributed by atoms with van der Waals surface area (Å²) in [7, 11) is -3.52. The predicted octanol–water partition coefficient (Wildman–Crippen LogP) is -0.620. The zero-order valence-corrected chi connectivity index (χ0v) is 8.88. The van der Waals surface area contributed by atoms with Gasteiger partial charge in [0.25, 0.3) is 0 Å². The lowest BCUT2D eigenvalue weighted by atomic mass is 10.4. The molecule has 0 amide bonds. The Morgan fingerprint density at radius 3 is 2.79 bits per heavy atom. The van der Waals surface area contributed by atoms with E-state index in [9.17, 15) is 8.42 Å². The summed E-state index contributed by atoms with van der Waals surface area (Å²) in [4.78, 5) is 0. The molecule has 1 rings (SSSR count). The van der Waals surface area contributed by atoms with E-state index >= 15 is 0 Å². The Morgan fingerprint density at radius 1 is 1.57 bits per heavy atom. The van der Waals surface area contributed by atoms with Crippen molar-refractivity contribution in [3.05, 3.63) is 17.5 Å². The molecule has 0 fully saturated rings. The lowest BCUT2D eigenvalue weighted by molar-refractivity contribution is 0.0988. The van der Waals surface area contributed by atoms with Crippen LogP contribution in [0.1, 0.15) is 0 Å². The predicted molar refractivity (Wildman–Crippen MR) is 52.6 cm³/mol. The number of hydrogen-bond donors (Lipinski definition) is 3. The zero-order chi connectivity index (χ0) is 10.6. The van der Waals surface area contributed by atoms with Gasteiger partial charge in [0.1, 0.15) is 4.21 Å². The highest BCUT2D eigenvalue weighted by Crippen LogP contribution is 2.14. The number of thiophene rings is 1. The molecule has 3 N–H and O–H groups in total. The van der Waals surface area contributed by atoms with E-state index in [-0.39, 0.29) is 10.8 Å². The Kier molecular flexibility index (Phi) is 4.02. The van der Waals surface area contributed by atoms with E-state index in [1.165, 1.54) is 6.07 Å². The van der Waals surface area contributed by atoms with E-state index < -0.39 is 22.7 Å². The lowest BCUT2D eigenvalue weighted by Gasteiger charge is -2.08. The van der Waals surface area contributed by atoms with Crippen molar-refractivity contribution < 1.29 is 18.6 Å². The van der Waals surface area contributed by atoms with Gasteiger partial charge in [-0.1, -0.05) is 6.07 Å². The SMILES string of the molecule is O=S(=O)(NCC(O)CO)c1cccs1. The third-order valence-corrected chi connectivity index (χ3v) is 4.30. The summed E-state index contributed by atoms with van der Waals surface area (Å²) in [5, 5.41) is 19.1. The van der Waals surface area contributed by atoms with Crippen LogP contribution in [0.2, 0.25) is 0 Å². The van der Waals surface area contributed by atoms with Crippen LogP contribution in [-0.4, -0.2) is 37.9 Å². The molecule has 0 bridgehead atoms. The van der Waals surface area contributed by atoms with Gasteiger partial charge in [-0.25, -0.2) is 13.1 Å². The molecule has 0 radical (unpaired) electrons. The summed E-state index contributed by atoms with van der Waals surface area (Å²) in [5.41, 5.74) is 0. The van der Waals surface area contributed by atoms with Crippen LogP contribution in [0.15, 0.2) is 21.7 Å². The highest BCUT2D eigenvalue weighted by molar-refractivity contribution is 7.91. The molecule has 0 aliphatic rings. The van der Waals surface area contributed by atoms with Crippen LogP contribution in [0, 0.1) is 0 Å². The standard InChI is InChI=1S/C7H11NO4S2/c9-5-6(10)4-8-14(11,12)7-2-1-3-13-7/h1-3,6,8-10H,4-5H2. The van der Waals surface area contributed by atoms with Crippen LogP contribution in [0.3, 0.4) is 0 Å². The van der Waals surface area contributed by atoms with Gasteiger partial charge in [-0.3, -0.25) is 0 Å². The average Bonchev–Trinajstić information content (AvgIpc) is 2.67. The molecule has 7 heteroatoms. The smallest absolute Gasteiger partial charge is 0.250 e. The summed E-state index contributed by atoms with van der Waals surface area (Å²) in [6.07, 6.45) is -1.07. The molecule has 0 spiro atoms. The first-order chi connectivity index (χ1) is 6.56. The van der Waals surface area contributed by atoms with Gasteiger partial charge in [0.15, 0.2) is 0 Å². The average molecular weight is 237 g/mol. The van der Waals surface area contributed by atoms with Gasteiger partial charge in [-0.15, -0.1) is 11.3 Å². The third-order valence-electron chi connectivity index (χ3n) is 1.48. The first-order valence-electron chi connectivity index (χ1n) is 3.88. The van der Waals surface area contributed by atoms with Crippen molar-refractivity contribution >= 4 is 21.4 Å². The highest BCUT2D eigenvalue weighted by atomic mass is 32.2. The van der Waals surface area contributed by atoms with Crippen molar-refractivity contribution in [1.29, 1.82) is 0 Å². The fourth-order valence-corrected chi connectivity index (χ4v) is 2.87. The number of rotatable bonds is 5. The molecule has 0 aromatic carbocycles. The summed E-state index contributed by atoms with van der Waals surface area (Å²) in [6, 6.07) is 3.10. The van der Waals surface area contributed by atoms with Crippen LogP contribution in [0.25, 0.3) is 0 Å². The quantitative estimate of drug-likeness (QED) is 0.637. The van der Waals surface area contributed by atoms with Crippen LogP contribution in [-0.2, 0) is 10.0 Å². The minimum Gasteiger partial charge on any atom is -0.394 e. The molecule has 0 saturated heterocycles. The molecule has 1 aromatic rings. The number of sulfonamides is 1. The maximum atomic E-state index is 11.4. The Balaban J connectivity index is 2.60. The monoisotopic (exact) mass is 237 g/mol. The van der Waals surface area contributed by atoms with Crippen LogP contribution >= 0.6 is 11.3 Å². The molecule has 0 aliphatic carbocycles. The van der Waals surface area contributed by atoms with E-state index in [1.807, 2.05) is 0 Å². The van der Waals surface area contributed by atoms with E-state index in [0.29, 0.717) is 0 Å². The number of hydrogen-bond acceptors (Lipinski definition) is 5.